The Kier molecular flexibility index (Phi) is 7.22. The van der Waals surface area contributed by atoms with Gasteiger partial charge >= 0.3 is 0 Å². The van der Waals surface area contributed by atoms with E-state index in [9.17, 15) is 0 Å². The van der Waals surface area contributed by atoms with Crippen molar-refractivity contribution < 1.29 is 0 Å². The fourth-order valence-corrected chi connectivity index (χ4v) is 3.10. The van der Waals surface area contributed by atoms with Crippen LogP contribution in [0.4, 0.5) is 0 Å². The summed E-state index contributed by atoms with van der Waals surface area (Å²) in [7, 11) is 0. The molecule has 1 rings (SSSR count). The summed E-state index contributed by atoms with van der Waals surface area (Å²) >= 11 is 0. The highest BCUT2D eigenvalue weighted by molar-refractivity contribution is 5.29. The van der Waals surface area contributed by atoms with Gasteiger partial charge in [0.25, 0.3) is 0 Å². The van der Waals surface area contributed by atoms with Crippen molar-refractivity contribution in [2.75, 3.05) is 0 Å². The van der Waals surface area contributed by atoms with Gasteiger partial charge in [0, 0.05) is 0 Å². The van der Waals surface area contributed by atoms with Gasteiger partial charge in [-0.2, -0.15) is 0 Å². The van der Waals surface area contributed by atoms with E-state index in [0.29, 0.717) is 11.8 Å². The van der Waals surface area contributed by atoms with Crippen LogP contribution in [0.25, 0.3) is 0 Å². The van der Waals surface area contributed by atoms with E-state index in [1.165, 1.54) is 30.4 Å². The minimum Gasteiger partial charge on any atom is -0.0996 e. The Hall–Kier alpha value is -1.04. The molecule has 1 aliphatic carbocycles. The van der Waals surface area contributed by atoms with Crippen LogP contribution in [-0.2, 0) is 0 Å². The van der Waals surface area contributed by atoms with Gasteiger partial charge in [-0.05, 0) is 54.9 Å². The molecule has 1 saturated carbocycles. The fourth-order valence-electron chi connectivity index (χ4n) is 3.10. The lowest BCUT2D eigenvalue weighted by Crippen LogP contribution is -2.24. The van der Waals surface area contributed by atoms with Gasteiger partial charge in [0.1, 0.15) is 0 Å². The molecular weight excluding hydrogens is 252 g/mol. The van der Waals surface area contributed by atoms with E-state index in [-0.39, 0.29) is 0 Å². The van der Waals surface area contributed by atoms with E-state index in [0.717, 1.165) is 18.3 Å². The molecule has 0 spiro atoms. The zero-order valence-electron chi connectivity index (χ0n) is 14.8. The highest BCUT2D eigenvalue weighted by Crippen LogP contribution is 2.40. The molecule has 0 aromatic carbocycles. The molecule has 0 nitrogen and oxygen atoms in total. The van der Waals surface area contributed by atoms with Crippen LogP contribution in [0.1, 0.15) is 60.3 Å². The molecule has 1 aliphatic rings. The third-order valence-electron chi connectivity index (χ3n) is 5.18. The van der Waals surface area contributed by atoms with Crippen molar-refractivity contribution >= 4 is 0 Å². The van der Waals surface area contributed by atoms with E-state index in [2.05, 4.69) is 59.9 Å². The Morgan fingerprint density at radius 1 is 1.19 bits per heavy atom. The molecule has 0 bridgehead atoms. The van der Waals surface area contributed by atoms with Crippen LogP contribution < -0.4 is 0 Å². The van der Waals surface area contributed by atoms with E-state index in [1.807, 2.05) is 6.08 Å². The van der Waals surface area contributed by atoms with Crippen LogP contribution in [0.2, 0.25) is 0 Å². The lowest BCUT2D eigenvalue weighted by atomic mass is 9.70. The van der Waals surface area contributed by atoms with Crippen molar-refractivity contribution in [3.63, 3.8) is 0 Å². The van der Waals surface area contributed by atoms with Crippen molar-refractivity contribution in [2.24, 2.45) is 23.7 Å². The first-order valence-corrected chi connectivity index (χ1v) is 8.61. The average Bonchev–Trinajstić information content (AvgIpc) is 2.44. The van der Waals surface area contributed by atoms with Crippen molar-refractivity contribution in [3.05, 3.63) is 48.1 Å². The highest BCUT2D eigenvalue weighted by Gasteiger charge is 2.28. The SMILES string of the molecule is C=CC(=CC=C(CC)C1CCC1C)C(C)CC(=C)C(C)C. The Bertz CT molecular complexity index is 419. The maximum absolute atomic E-state index is 4.21. The van der Waals surface area contributed by atoms with Gasteiger partial charge in [0.05, 0.1) is 0 Å². The second kappa shape index (κ2) is 8.41. The van der Waals surface area contributed by atoms with Crippen LogP contribution in [0.15, 0.2) is 48.1 Å². The number of rotatable bonds is 8. The van der Waals surface area contributed by atoms with Crippen molar-refractivity contribution in [1.82, 2.24) is 0 Å². The second-order valence-corrected chi connectivity index (χ2v) is 7.05. The summed E-state index contributed by atoms with van der Waals surface area (Å²) in [6.07, 6.45) is 11.7. The third kappa shape index (κ3) is 5.02. The number of hydrogen-bond acceptors (Lipinski definition) is 0. The largest absolute Gasteiger partial charge is 0.0996 e. The van der Waals surface area contributed by atoms with Gasteiger partial charge in [0.2, 0.25) is 0 Å². The van der Waals surface area contributed by atoms with Gasteiger partial charge in [0.15, 0.2) is 0 Å². The molecule has 21 heavy (non-hydrogen) atoms. The number of allylic oxidation sites excluding steroid dienone is 6. The third-order valence-corrected chi connectivity index (χ3v) is 5.18. The smallest absolute Gasteiger partial charge is 0.0153 e. The molecule has 118 valence electrons. The Morgan fingerprint density at radius 3 is 2.24 bits per heavy atom. The van der Waals surface area contributed by atoms with Crippen LogP contribution in [-0.4, -0.2) is 0 Å². The van der Waals surface area contributed by atoms with Crippen molar-refractivity contribution in [2.45, 2.75) is 60.3 Å². The fraction of sp³-hybridized carbons (Fsp3) is 0.619. The Balaban J connectivity index is 2.77. The van der Waals surface area contributed by atoms with Crippen molar-refractivity contribution in [3.8, 4) is 0 Å². The van der Waals surface area contributed by atoms with Gasteiger partial charge in [-0.3, -0.25) is 0 Å². The topological polar surface area (TPSA) is 0 Å². The van der Waals surface area contributed by atoms with E-state index >= 15 is 0 Å². The average molecular weight is 287 g/mol. The van der Waals surface area contributed by atoms with Gasteiger partial charge < -0.3 is 0 Å². The molecule has 0 heterocycles. The van der Waals surface area contributed by atoms with E-state index < -0.39 is 0 Å². The maximum atomic E-state index is 4.21. The molecule has 0 aromatic heterocycles. The lowest BCUT2D eigenvalue weighted by Gasteiger charge is -2.35. The Morgan fingerprint density at radius 2 is 1.86 bits per heavy atom. The quantitative estimate of drug-likeness (QED) is 0.343. The molecule has 3 unspecified atom stereocenters. The molecule has 0 N–H and O–H groups in total. The van der Waals surface area contributed by atoms with Crippen LogP contribution in [0.5, 0.6) is 0 Å². The molecule has 0 amide bonds. The summed E-state index contributed by atoms with van der Waals surface area (Å²) in [6.45, 7) is 19.6. The summed E-state index contributed by atoms with van der Waals surface area (Å²) in [5.41, 5.74) is 4.29. The minimum atomic E-state index is 0.505. The minimum absolute atomic E-state index is 0.505. The van der Waals surface area contributed by atoms with Gasteiger partial charge in [-0.15, -0.1) is 0 Å². The maximum Gasteiger partial charge on any atom is -0.0153 e. The second-order valence-electron chi connectivity index (χ2n) is 7.05. The monoisotopic (exact) mass is 286 g/mol. The van der Waals surface area contributed by atoms with Crippen molar-refractivity contribution in [1.29, 1.82) is 0 Å². The van der Waals surface area contributed by atoms with Crippen LogP contribution in [0, 0.1) is 23.7 Å². The predicted octanol–water partition coefficient (Wildman–Crippen LogP) is 6.72. The van der Waals surface area contributed by atoms with E-state index in [1.54, 1.807) is 5.57 Å². The summed E-state index contributed by atoms with van der Waals surface area (Å²) in [4.78, 5) is 0. The zero-order chi connectivity index (χ0) is 16.0. The standard InChI is InChI=1S/C21H34/c1-8-19(18(7)14-17(6)15(3)4)11-12-20(9-2)21-13-10-16(21)5/h8,11-12,15-16,18,21H,1,6,9-10,13-14H2,2-5,7H3. The summed E-state index contributed by atoms with van der Waals surface area (Å²) in [5, 5.41) is 0. The normalized spacial score (nSPS) is 24.7. The molecular formula is C21H34. The molecule has 0 heteroatoms. The van der Waals surface area contributed by atoms with Crippen LogP contribution >= 0.6 is 0 Å². The first-order valence-electron chi connectivity index (χ1n) is 8.61. The van der Waals surface area contributed by atoms with E-state index in [4.69, 9.17) is 0 Å². The Labute approximate surface area is 132 Å². The molecule has 1 fully saturated rings. The molecule has 0 radical (unpaired) electrons. The molecule has 0 aromatic rings. The molecule has 0 saturated heterocycles. The molecule has 3 atom stereocenters. The molecule has 0 aliphatic heterocycles. The highest BCUT2D eigenvalue weighted by atomic mass is 14.3. The lowest BCUT2D eigenvalue weighted by molar-refractivity contribution is 0.233. The van der Waals surface area contributed by atoms with Gasteiger partial charge in [-0.25, -0.2) is 0 Å². The first kappa shape index (κ1) is 18.0. The summed E-state index contributed by atoms with van der Waals surface area (Å²) in [6, 6.07) is 0. The predicted molar refractivity (Wildman–Crippen MR) is 96.3 cm³/mol. The summed E-state index contributed by atoms with van der Waals surface area (Å²) in [5.74, 6) is 2.76. The number of hydrogen-bond donors (Lipinski definition) is 0. The van der Waals surface area contributed by atoms with Gasteiger partial charge in [-0.1, -0.05) is 77.2 Å². The first-order chi connectivity index (χ1) is 9.90. The summed E-state index contributed by atoms with van der Waals surface area (Å²) < 4.78 is 0. The zero-order valence-corrected chi connectivity index (χ0v) is 14.8. The van der Waals surface area contributed by atoms with Crippen LogP contribution in [0.3, 0.4) is 0 Å².